The van der Waals surface area contributed by atoms with Gasteiger partial charge in [-0.15, -0.1) is 0 Å². The Balaban J connectivity index is 1.41. The first-order chi connectivity index (χ1) is 15.9. The number of rotatable bonds is 5. The number of nitrogens with one attached hydrogen (secondary N) is 3. The second-order valence-corrected chi connectivity index (χ2v) is 7.92. The summed E-state index contributed by atoms with van der Waals surface area (Å²) in [6, 6.07) is 5.87. The molecule has 2 fully saturated rings. The van der Waals surface area contributed by atoms with Crippen LogP contribution in [0.3, 0.4) is 0 Å². The molecule has 3 N–H and O–H groups in total. The van der Waals surface area contributed by atoms with Crippen LogP contribution in [0.25, 0.3) is 5.65 Å². The molecule has 3 aromatic rings. The van der Waals surface area contributed by atoms with Crippen LogP contribution in [0.2, 0.25) is 0 Å². The van der Waals surface area contributed by atoms with Crippen LogP contribution >= 0.6 is 0 Å². The van der Waals surface area contributed by atoms with Crippen molar-refractivity contribution in [3.8, 4) is 0 Å². The topological polar surface area (TPSA) is 95.8 Å². The van der Waals surface area contributed by atoms with Gasteiger partial charge in [0.15, 0.2) is 5.65 Å². The summed E-state index contributed by atoms with van der Waals surface area (Å²) in [5, 5.41) is 12.9. The van der Waals surface area contributed by atoms with Gasteiger partial charge in [-0.2, -0.15) is 18.3 Å². The van der Waals surface area contributed by atoms with E-state index in [0.29, 0.717) is 37.8 Å². The smallest absolute Gasteiger partial charge is 0.378 e. The van der Waals surface area contributed by atoms with Gasteiger partial charge in [-0.25, -0.2) is 9.50 Å². The van der Waals surface area contributed by atoms with Gasteiger partial charge in [-0.1, -0.05) is 0 Å². The lowest BCUT2D eigenvalue weighted by Crippen LogP contribution is -2.51. The van der Waals surface area contributed by atoms with E-state index in [9.17, 15) is 18.0 Å². The molecule has 0 aliphatic carbocycles. The SMILES string of the molecule is O=C(Nc1ccc(N2CCOCC2)cc1C(F)(F)F)c1cnn2ccc(NC3CNC3)nc12. The molecule has 174 valence electrons. The predicted octanol–water partition coefficient (Wildman–Crippen LogP) is 2.22. The van der Waals surface area contributed by atoms with Crippen molar-refractivity contribution in [3.05, 3.63) is 47.8 Å². The highest BCUT2D eigenvalue weighted by molar-refractivity contribution is 6.08. The van der Waals surface area contributed by atoms with E-state index in [2.05, 4.69) is 26.0 Å². The maximum atomic E-state index is 13.8. The molecule has 1 aromatic carbocycles. The molecule has 0 spiro atoms. The Kier molecular flexibility index (Phi) is 5.54. The summed E-state index contributed by atoms with van der Waals surface area (Å²) in [6.45, 7) is 3.53. The number of morpholine rings is 1. The van der Waals surface area contributed by atoms with E-state index in [4.69, 9.17) is 4.74 Å². The monoisotopic (exact) mass is 461 g/mol. The molecule has 0 atom stereocenters. The summed E-state index contributed by atoms with van der Waals surface area (Å²) in [5.74, 6) is -0.154. The number of anilines is 3. The molecule has 4 heterocycles. The lowest BCUT2D eigenvalue weighted by molar-refractivity contribution is -0.136. The Bertz CT molecular complexity index is 1170. The van der Waals surface area contributed by atoms with E-state index < -0.39 is 17.6 Å². The lowest BCUT2D eigenvalue weighted by Gasteiger charge is -2.29. The Morgan fingerprint density at radius 2 is 1.97 bits per heavy atom. The summed E-state index contributed by atoms with van der Waals surface area (Å²) >= 11 is 0. The van der Waals surface area contributed by atoms with Crippen LogP contribution in [0.1, 0.15) is 15.9 Å². The van der Waals surface area contributed by atoms with Gasteiger partial charge in [0.05, 0.1) is 36.7 Å². The largest absolute Gasteiger partial charge is 0.418 e. The number of aromatic nitrogens is 3. The number of amides is 1. The van der Waals surface area contributed by atoms with Crippen molar-refractivity contribution in [1.29, 1.82) is 0 Å². The van der Waals surface area contributed by atoms with Gasteiger partial charge in [-0.3, -0.25) is 4.79 Å². The standard InChI is InChI=1S/C21H22F3N7O2/c22-21(23,24)16-9-14(30-5-7-33-8-6-30)1-2-17(16)28-20(32)15-12-26-31-4-3-18(29-19(15)31)27-13-10-25-11-13/h1-4,9,12-13,25H,5-8,10-11H2,(H,27,29)(H,28,32). The average molecular weight is 461 g/mol. The minimum atomic E-state index is -4.64. The van der Waals surface area contributed by atoms with E-state index >= 15 is 0 Å². The first kappa shape index (κ1) is 21.5. The number of halogens is 3. The zero-order valence-corrected chi connectivity index (χ0v) is 17.5. The predicted molar refractivity (Wildman–Crippen MR) is 116 cm³/mol. The number of carbonyl (C=O) groups is 1. The number of hydrogen-bond donors (Lipinski definition) is 3. The molecule has 0 unspecified atom stereocenters. The van der Waals surface area contributed by atoms with Gasteiger partial charge in [0.25, 0.3) is 5.91 Å². The molecule has 0 saturated carbocycles. The summed E-state index contributed by atoms with van der Waals surface area (Å²) in [5.41, 5.74) is -0.468. The normalized spacial score (nSPS) is 17.1. The van der Waals surface area contributed by atoms with E-state index in [-0.39, 0.29) is 22.9 Å². The molecule has 2 saturated heterocycles. The van der Waals surface area contributed by atoms with E-state index in [1.807, 2.05) is 4.90 Å². The van der Waals surface area contributed by atoms with Gasteiger partial charge in [0.2, 0.25) is 0 Å². The Morgan fingerprint density at radius 1 is 1.18 bits per heavy atom. The number of fused-ring (bicyclic) bond motifs is 1. The third kappa shape index (κ3) is 4.44. The van der Waals surface area contributed by atoms with Crippen molar-refractivity contribution < 1.29 is 22.7 Å². The van der Waals surface area contributed by atoms with Crippen LogP contribution < -0.4 is 20.9 Å². The molecule has 2 aliphatic rings. The molecule has 33 heavy (non-hydrogen) atoms. The molecule has 12 heteroatoms. The molecule has 2 aliphatic heterocycles. The van der Waals surface area contributed by atoms with Crippen molar-refractivity contribution >= 4 is 28.7 Å². The summed E-state index contributed by atoms with van der Waals surface area (Å²) in [7, 11) is 0. The van der Waals surface area contributed by atoms with Crippen molar-refractivity contribution in [3.63, 3.8) is 0 Å². The number of ether oxygens (including phenoxy) is 1. The summed E-state index contributed by atoms with van der Waals surface area (Å²) < 4.78 is 48.1. The zero-order valence-electron chi connectivity index (χ0n) is 17.5. The first-order valence-corrected chi connectivity index (χ1v) is 10.6. The highest BCUT2D eigenvalue weighted by Gasteiger charge is 2.35. The van der Waals surface area contributed by atoms with Gasteiger partial charge in [0.1, 0.15) is 11.4 Å². The van der Waals surface area contributed by atoms with Crippen molar-refractivity contribution in [2.45, 2.75) is 12.2 Å². The van der Waals surface area contributed by atoms with Crippen LogP contribution in [0, 0.1) is 0 Å². The summed E-state index contributed by atoms with van der Waals surface area (Å²) in [4.78, 5) is 19.2. The highest BCUT2D eigenvalue weighted by atomic mass is 19.4. The van der Waals surface area contributed by atoms with Crippen LogP contribution in [0.5, 0.6) is 0 Å². The molecule has 9 nitrogen and oxygen atoms in total. The zero-order chi connectivity index (χ0) is 23.0. The van der Waals surface area contributed by atoms with Gasteiger partial charge < -0.3 is 25.6 Å². The minimum absolute atomic E-state index is 0.0794. The third-order valence-corrected chi connectivity index (χ3v) is 5.68. The number of alkyl halides is 3. The van der Waals surface area contributed by atoms with Gasteiger partial charge in [-0.05, 0) is 24.3 Å². The second kappa shape index (κ2) is 8.52. The number of nitrogens with zero attached hydrogens (tertiary/aromatic N) is 4. The Hall–Kier alpha value is -3.38. The highest BCUT2D eigenvalue weighted by Crippen LogP contribution is 2.37. The van der Waals surface area contributed by atoms with Crippen molar-refractivity contribution in [2.24, 2.45) is 0 Å². The number of carbonyl (C=O) groups excluding carboxylic acids is 1. The van der Waals surface area contributed by atoms with Crippen LogP contribution in [0.4, 0.5) is 30.4 Å². The first-order valence-electron chi connectivity index (χ1n) is 10.6. The maximum absolute atomic E-state index is 13.8. The maximum Gasteiger partial charge on any atom is 0.418 e. The quantitative estimate of drug-likeness (QED) is 0.536. The molecule has 0 radical (unpaired) electrons. The van der Waals surface area contributed by atoms with E-state index in [1.165, 1.54) is 16.8 Å². The third-order valence-electron chi connectivity index (χ3n) is 5.68. The number of hydrogen-bond acceptors (Lipinski definition) is 7. The van der Waals surface area contributed by atoms with Crippen LogP contribution in [0.15, 0.2) is 36.7 Å². The fourth-order valence-corrected chi connectivity index (χ4v) is 3.79. The minimum Gasteiger partial charge on any atom is -0.378 e. The van der Waals surface area contributed by atoms with E-state index in [1.54, 1.807) is 18.3 Å². The van der Waals surface area contributed by atoms with Gasteiger partial charge >= 0.3 is 6.18 Å². The molecule has 5 rings (SSSR count). The lowest BCUT2D eigenvalue weighted by atomic mass is 10.1. The molecule has 1 amide bonds. The molecular weight excluding hydrogens is 439 g/mol. The molecule has 0 bridgehead atoms. The fraction of sp³-hybridized carbons (Fsp3) is 0.381. The molecular formula is C21H22F3N7O2. The van der Waals surface area contributed by atoms with Crippen LogP contribution in [-0.4, -0.2) is 65.9 Å². The second-order valence-electron chi connectivity index (χ2n) is 7.92. The van der Waals surface area contributed by atoms with Gasteiger partial charge in [0, 0.05) is 38.1 Å². The van der Waals surface area contributed by atoms with E-state index in [0.717, 1.165) is 19.2 Å². The van der Waals surface area contributed by atoms with Crippen molar-refractivity contribution in [2.75, 3.05) is 54.9 Å². The average Bonchev–Trinajstić information content (AvgIpc) is 3.20. The Morgan fingerprint density at radius 3 is 2.67 bits per heavy atom. The molecule has 2 aromatic heterocycles. The Labute approximate surface area is 186 Å². The summed E-state index contributed by atoms with van der Waals surface area (Å²) in [6.07, 6.45) is -1.70. The fourth-order valence-electron chi connectivity index (χ4n) is 3.79. The van der Waals surface area contributed by atoms with Crippen molar-refractivity contribution in [1.82, 2.24) is 19.9 Å². The number of benzene rings is 1. The van der Waals surface area contributed by atoms with Crippen LogP contribution in [-0.2, 0) is 10.9 Å².